The predicted octanol–water partition coefficient (Wildman–Crippen LogP) is 1.48. The van der Waals surface area contributed by atoms with Gasteiger partial charge in [0.2, 0.25) is 5.91 Å². The summed E-state index contributed by atoms with van der Waals surface area (Å²) in [5.74, 6) is 0.0105. The molecule has 1 aliphatic heterocycles. The first kappa shape index (κ1) is 15.7. The lowest BCUT2D eigenvalue weighted by Gasteiger charge is -2.20. The number of ether oxygens (including phenoxy) is 1. The molecule has 2 rings (SSSR count). The van der Waals surface area contributed by atoms with E-state index in [4.69, 9.17) is 0 Å². The highest BCUT2D eigenvalue weighted by atomic mass is 32.1. The minimum Gasteiger partial charge on any atom is -0.453 e. The maximum absolute atomic E-state index is 12.4. The second-order valence-corrected chi connectivity index (χ2v) is 5.73. The molecular formula is C15H20N2O3S. The lowest BCUT2D eigenvalue weighted by molar-refractivity contribution is -0.129. The number of thiol groups is 1. The Kier molecular flexibility index (Phi) is 5.50. The van der Waals surface area contributed by atoms with E-state index in [2.05, 4.69) is 22.7 Å². The minimum atomic E-state index is -0.457. The van der Waals surface area contributed by atoms with Gasteiger partial charge >= 0.3 is 6.09 Å². The molecular weight excluding hydrogens is 288 g/mol. The van der Waals surface area contributed by atoms with E-state index in [9.17, 15) is 9.59 Å². The van der Waals surface area contributed by atoms with E-state index in [0.717, 1.165) is 12.0 Å². The number of methoxy groups -OCH3 is 1. The lowest BCUT2D eigenvalue weighted by atomic mass is 10.1. The van der Waals surface area contributed by atoms with Gasteiger partial charge < -0.3 is 15.0 Å². The van der Waals surface area contributed by atoms with Crippen LogP contribution in [0.3, 0.4) is 0 Å². The van der Waals surface area contributed by atoms with Crippen molar-refractivity contribution in [1.82, 2.24) is 10.2 Å². The molecule has 21 heavy (non-hydrogen) atoms. The number of alkyl carbamates (subject to hydrolysis) is 1. The van der Waals surface area contributed by atoms with Crippen LogP contribution in [0.15, 0.2) is 30.3 Å². The summed E-state index contributed by atoms with van der Waals surface area (Å²) in [6.45, 7) is 1.15. The quantitative estimate of drug-likeness (QED) is 0.829. The average Bonchev–Trinajstić information content (AvgIpc) is 2.95. The van der Waals surface area contributed by atoms with E-state index < -0.39 is 6.09 Å². The highest BCUT2D eigenvalue weighted by molar-refractivity contribution is 7.81. The van der Waals surface area contributed by atoms with Crippen molar-refractivity contribution in [3.8, 4) is 0 Å². The molecule has 0 spiro atoms. The van der Waals surface area contributed by atoms with Crippen LogP contribution in [0, 0.1) is 0 Å². The van der Waals surface area contributed by atoms with Gasteiger partial charge in [-0.2, -0.15) is 12.6 Å². The fraction of sp³-hybridized carbons (Fsp3) is 0.467. The molecule has 1 N–H and O–H groups in total. The second-order valence-electron chi connectivity index (χ2n) is 5.11. The normalized spacial score (nSPS) is 19.1. The Morgan fingerprint density at radius 3 is 2.81 bits per heavy atom. The van der Waals surface area contributed by atoms with Gasteiger partial charge in [-0.1, -0.05) is 30.3 Å². The van der Waals surface area contributed by atoms with E-state index >= 15 is 0 Å². The van der Waals surface area contributed by atoms with Crippen molar-refractivity contribution in [1.29, 1.82) is 0 Å². The van der Waals surface area contributed by atoms with Crippen molar-refractivity contribution in [2.24, 2.45) is 0 Å². The molecule has 0 aromatic heterocycles. The van der Waals surface area contributed by atoms with Gasteiger partial charge in [-0.15, -0.1) is 0 Å². The smallest absolute Gasteiger partial charge is 0.407 e. The number of nitrogens with one attached hydrogen (secondary N) is 1. The molecule has 1 aromatic rings. The molecule has 1 aromatic carbocycles. The Balaban J connectivity index is 1.85. The summed E-state index contributed by atoms with van der Waals surface area (Å²) < 4.78 is 4.57. The minimum absolute atomic E-state index is 0.0105. The van der Waals surface area contributed by atoms with Gasteiger partial charge in [0.15, 0.2) is 0 Å². The first-order chi connectivity index (χ1) is 10.1. The van der Waals surface area contributed by atoms with Gasteiger partial charge in [-0.05, 0) is 18.4 Å². The molecule has 0 aliphatic carbocycles. The van der Waals surface area contributed by atoms with Crippen molar-refractivity contribution in [3.63, 3.8) is 0 Å². The molecule has 0 radical (unpaired) electrons. The Labute approximate surface area is 130 Å². The van der Waals surface area contributed by atoms with E-state index in [1.807, 2.05) is 30.3 Å². The zero-order chi connectivity index (χ0) is 15.2. The molecule has 0 bridgehead atoms. The van der Waals surface area contributed by atoms with Gasteiger partial charge in [-0.25, -0.2) is 4.79 Å². The van der Waals surface area contributed by atoms with Gasteiger partial charge in [0.1, 0.15) is 0 Å². The highest BCUT2D eigenvalue weighted by Crippen LogP contribution is 2.16. The van der Waals surface area contributed by atoms with Gasteiger partial charge in [0.05, 0.1) is 18.4 Å². The Hall–Kier alpha value is -1.69. The molecule has 0 saturated carbocycles. The van der Waals surface area contributed by atoms with E-state index in [1.54, 1.807) is 4.90 Å². The molecule has 5 nitrogen and oxygen atoms in total. The van der Waals surface area contributed by atoms with Crippen molar-refractivity contribution < 1.29 is 14.3 Å². The second kappa shape index (κ2) is 7.36. The SMILES string of the molecule is COC(=O)NC1CCN(C(=O)C(S)Cc2ccccc2)C1. The maximum atomic E-state index is 12.4. The first-order valence-corrected chi connectivity index (χ1v) is 7.47. The maximum Gasteiger partial charge on any atom is 0.407 e. The molecule has 1 aliphatic rings. The van der Waals surface area contributed by atoms with Crippen molar-refractivity contribution in [2.45, 2.75) is 24.1 Å². The third-order valence-electron chi connectivity index (χ3n) is 3.56. The molecule has 114 valence electrons. The fourth-order valence-electron chi connectivity index (χ4n) is 2.44. The van der Waals surface area contributed by atoms with Crippen LogP contribution in [0.5, 0.6) is 0 Å². The molecule has 2 unspecified atom stereocenters. The van der Waals surface area contributed by atoms with Crippen molar-refractivity contribution >= 4 is 24.6 Å². The summed E-state index contributed by atoms with van der Waals surface area (Å²) in [6.07, 6.45) is 0.891. The largest absolute Gasteiger partial charge is 0.453 e. The van der Waals surface area contributed by atoms with Crippen LogP contribution < -0.4 is 5.32 Å². The predicted molar refractivity (Wildman–Crippen MR) is 83.4 cm³/mol. The summed E-state index contributed by atoms with van der Waals surface area (Å²) in [6, 6.07) is 9.78. The zero-order valence-corrected chi connectivity index (χ0v) is 12.9. The highest BCUT2D eigenvalue weighted by Gasteiger charge is 2.30. The number of hydrogen-bond donors (Lipinski definition) is 2. The van der Waals surface area contributed by atoms with Crippen LogP contribution in [0.1, 0.15) is 12.0 Å². The standard InChI is InChI=1S/C15H20N2O3S/c1-20-15(19)16-12-7-8-17(10-12)14(18)13(21)9-11-5-3-2-4-6-11/h2-6,12-13,21H,7-10H2,1H3,(H,16,19). The Bertz CT molecular complexity index is 495. The summed E-state index contributed by atoms with van der Waals surface area (Å²) in [5.41, 5.74) is 1.09. The number of benzene rings is 1. The molecule has 2 amide bonds. The molecule has 2 atom stereocenters. The number of hydrogen-bond acceptors (Lipinski definition) is 4. The lowest BCUT2D eigenvalue weighted by Crippen LogP contribution is -2.40. The number of carbonyl (C=O) groups excluding carboxylic acids is 2. The van der Waals surface area contributed by atoms with Crippen LogP contribution in [0.2, 0.25) is 0 Å². The van der Waals surface area contributed by atoms with Crippen LogP contribution in [0.25, 0.3) is 0 Å². The van der Waals surface area contributed by atoms with Crippen LogP contribution in [0.4, 0.5) is 4.79 Å². The van der Waals surface area contributed by atoms with Crippen LogP contribution in [-0.2, 0) is 16.0 Å². The Morgan fingerprint density at radius 1 is 1.43 bits per heavy atom. The number of likely N-dealkylation sites (tertiary alicyclic amines) is 1. The summed E-state index contributed by atoms with van der Waals surface area (Å²) in [5, 5.41) is 2.36. The molecule has 1 heterocycles. The topological polar surface area (TPSA) is 58.6 Å². The summed E-state index contributed by atoms with van der Waals surface area (Å²) in [4.78, 5) is 25.3. The number of rotatable bonds is 4. The van der Waals surface area contributed by atoms with Gasteiger partial charge in [0, 0.05) is 13.1 Å². The number of nitrogens with zero attached hydrogens (tertiary/aromatic N) is 1. The van der Waals surface area contributed by atoms with Crippen molar-refractivity contribution in [3.05, 3.63) is 35.9 Å². The number of carbonyl (C=O) groups is 2. The average molecular weight is 308 g/mol. The molecule has 1 fully saturated rings. The van der Waals surface area contributed by atoms with Gasteiger partial charge in [-0.3, -0.25) is 4.79 Å². The third-order valence-corrected chi connectivity index (χ3v) is 3.97. The summed E-state index contributed by atoms with van der Waals surface area (Å²) in [7, 11) is 1.33. The fourth-order valence-corrected chi connectivity index (χ4v) is 2.81. The number of amides is 2. The molecule has 6 heteroatoms. The van der Waals surface area contributed by atoms with Crippen LogP contribution in [-0.4, -0.2) is 48.4 Å². The van der Waals surface area contributed by atoms with E-state index in [0.29, 0.717) is 19.5 Å². The zero-order valence-electron chi connectivity index (χ0n) is 12.0. The first-order valence-electron chi connectivity index (χ1n) is 6.95. The van der Waals surface area contributed by atoms with Crippen LogP contribution >= 0.6 is 12.6 Å². The summed E-state index contributed by atoms with van der Waals surface area (Å²) >= 11 is 4.43. The third kappa shape index (κ3) is 4.39. The van der Waals surface area contributed by atoms with E-state index in [1.165, 1.54) is 7.11 Å². The monoisotopic (exact) mass is 308 g/mol. The molecule has 1 saturated heterocycles. The van der Waals surface area contributed by atoms with Gasteiger partial charge in [0.25, 0.3) is 0 Å². The van der Waals surface area contributed by atoms with Crippen molar-refractivity contribution in [2.75, 3.05) is 20.2 Å². The van der Waals surface area contributed by atoms with E-state index in [-0.39, 0.29) is 17.2 Å². The Morgan fingerprint density at radius 2 is 2.14 bits per heavy atom.